The smallest absolute Gasteiger partial charge is 0.225 e. The molecule has 0 saturated carbocycles. The molecule has 1 aromatic heterocycles. The Bertz CT molecular complexity index is 800. The molecular weight excluding hydrogens is 331 g/mol. The van der Waals surface area contributed by atoms with Gasteiger partial charge < -0.3 is 9.80 Å². The molecule has 26 heavy (non-hydrogen) atoms. The van der Waals surface area contributed by atoms with Crippen LogP contribution in [0.3, 0.4) is 0 Å². The van der Waals surface area contributed by atoms with E-state index in [2.05, 4.69) is 44.9 Å². The molecule has 0 bridgehead atoms. The van der Waals surface area contributed by atoms with Crippen molar-refractivity contribution in [2.45, 2.75) is 44.7 Å². The molecule has 2 saturated heterocycles. The minimum absolute atomic E-state index is 0.0721. The van der Waals surface area contributed by atoms with E-state index in [1.807, 2.05) is 6.07 Å². The van der Waals surface area contributed by atoms with Crippen molar-refractivity contribution in [3.05, 3.63) is 53.6 Å². The summed E-state index contributed by atoms with van der Waals surface area (Å²) in [6, 6.07) is 8.37. The average Bonchev–Trinajstić information content (AvgIpc) is 2.93. The molecule has 0 unspecified atom stereocenters. The summed E-state index contributed by atoms with van der Waals surface area (Å²) >= 11 is 0. The highest BCUT2D eigenvalue weighted by molar-refractivity contribution is 5.79. The minimum atomic E-state index is -0.423. The van der Waals surface area contributed by atoms with Crippen LogP contribution in [0.15, 0.2) is 36.7 Å². The maximum Gasteiger partial charge on any atom is 0.225 e. The summed E-state index contributed by atoms with van der Waals surface area (Å²) in [5, 5.41) is 0. The standard InChI is InChI=1S/C20H23FN4O/c1-15-3-2-4-16(11-15)14-25-18(26)5-6-20(25)7-9-24(10-8-20)19-22-12-17(21)13-23-19/h2-4,11-13H,5-10,14H2,1H3. The molecule has 0 atom stereocenters. The van der Waals surface area contributed by atoms with E-state index in [1.165, 1.54) is 23.5 Å². The summed E-state index contributed by atoms with van der Waals surface area (Å²) in [5.41, 5.74) is 2.33. The number of carbonyl (C=O) groups is 1. The van der Waals surface area contributed by atoms with Crippen molar-refractivity contribution >= 4 is 11.9 Å². The monoisotopic (exact) mass is 354 g/mol. The van der Waals surface area contributed by atoms with Gasteiger partial charge in [0.2, 0.25) is 11.9 Å². The number of aryl methyl sites for hydroxylation is 1. The van der Waals surface area contributed by atoms with Gasteiger partial charge in [0.25, 0.3) is 0 Å². The molecule has 4 rings (SSSR count). The lowest BCUT2D eigenvalue weighted by Gasteiger charge is -2.45. The zero-order valence-electron chi connectivity index (χ0n) is 15.0. The molecule has 0 radical (unpaired) electrons. The number of hydrogen-bond donors (Lipinski definition) is 0. The van der Waals surface area contributed by atoms with Gasteiger partial charge in [-0.15, -0.1) is 0 Å². The molecule has 1 spiro atoms. The predicted octanol–water partition coefficient (Wildman–Crippen LogP) is 3.09. The molecule has 1 amide bonds. The van der Waals surface area contributed by atoms with E-state index in [4.69, 9.17) is 0 Å². The van der Waals surface area contributed by atoms with Gasteiger partial charge in [-0.05, 0) is 31.7 Å². The first kappa shape index (κ1) is 16.9. The fourth-order valence-electron chi connectivity index (χ4n) is 4.23. The molecule has 2 aliphatic heterocycles. The Morgan fingerprint density at radius 2 is 1.88 bits per heavy atom. The number of halogens is 1. The van der Waals surface area contributed by atoms with Gasteiger partial charge in [-0.2, -0.15) is 0 Å². The first-order valence-corrected chi connectivity index (χ1v) is 9.14. The zero-order valence-corrected chi connectivity index (χ0v) is 15.0. The number of anilines is 1. The summed E-state index contributed by atoms with van der Waals surface area (Å²) in [4.78, 5) is 24.9. The third-order valence-corrected chi connectivity index (χ3v) is 5.68. The molecule has 2 aromatic rings. The Morgan fingerprint density at radius 1 is 1.15 bits per heavy atom. The first-order chi connectivity index (χ1) is 12.6. The molecule has 3 heterocycles. The second-order valence-electron chi connectivity index (χ2n) is 7.38. The van der Waals surface area contributed by atoms with Crippen LogP contribution >= 0.6 is 0 Å². The molecule has 5 nitrogen and oxygen atoms in total. The number of aromatic nitrogens is 2. The molecule has 136 valence electrons. The number of benzene rings is 1. The number of carbonyl (C=O) groups excluding carboxylic acids is 1. The third kappa shape index (κ3) is 3.16. The van der Waals surface area contributed by atoms with Gasteiger partial charge in [0.1, 0.15) is 0 Å². The number of rotatable bonds is 3. The number of nitrogens with zero attached hydrogens (tertiary/aromatic N) is 4. The Kier molecular flexibility index (Phi) is 4.34. The van der Waals surface area contributed by atoms with Crippen molar-refractivity contribution < 1.29 is 9.18 Å². The largest absolute Gasteiger partial charge is 0.341 e. The van der Waals surface area contributed by atoms with Crippen LogP contribution in [0.4, 0.5) is 10.3 Å². The van der Waals surface area contributed by atoms with Gasteiger partial charge in [0.15, 0.2) is 5.82 Å². The van der Waals surface area contributed by atoms with Crippen molar-refractivity contribution in [1.82, 2.24) is 14.9 Å². The normalized spacial score (nSPS) is 19.4. The van der Waals surface area contributed by atoms with Crippen LogP contribution in [0.5, 0.6) is 0 Å². The first-order valence-electron chi connectivity index (χ1n) is 9.14. The Labute approximate surface area is 152 Å². The van der Waals surface area contributed by atoms with Crippen LogP contribution in [0.25, 0.3) is 0 Å². The van der Waals surface area contributed by atoms with E-state index in [9.17, 15) is 9.18 Å². The van der Waals surface area contributed by atoms with Crippen LogP contribution in [-0.2, 0) is 11.3 Å². The maximum absolute atomic E-state index is 13.0. The van der Waals surface area contributed by atoms with Gasteiger partial charge in [0, 0.05) is 31.6 Å². The summed E-state index contributed by atoms with van der Waals surface area (Å²) in [6.45, 7) is 4.31. The maximum atomic E-state index is 13.0. The lowest BCUT2D eigenvalue weighted by atomic mass is 9.84. The summed E-state index contributed by atoms with van der Waals surface area (Å²) < 4.78 is 13.0. The van der Waals surface area contributed by atoms with Crippen LogP contribution in [0.2, 0.25) is 0 Å². The Balaban J connectivity index is 1.49. The van der Waals surface area contributed by atoms with Gasteiger partial charge in [-0.3, -0.25) is 4.79 Å². The summed E-state index contributed by atoms with van der Waals surface area (Å²) in [6.07, 6.45) is 5.73. The molecule has 0 N–H and O–H groups in total. The van der Waals surface area contributed by atoms with Gasteiger partial charge in [-0.1, -0.05) is 29.8 Å². The van der Waals surface area contributed by atoms with Gasteiger partial charge in [0.05, 0.1) is 12.4 Å². The van der Waals surface area contributed by atoms with E-state index in [0.29, 0.717) is 18.9 Å². The fourth-order valence-corrected chi connectivity index (χ4v) is 4.23. The van der Waals surface area contributed by atoms with Gasteiger partial charge in [-0.25, -0.2) is 14.4 Å². The highest BCUT2D eigenvalue weighted by atomic mass is 19.1. The van der Waals surface area contributed by atoms with E-state index in [-0.39, 0.29) is 11.4 Å². The summed E-state index contributed by atoms with van der Waals surface area (Å²) in [7, 11) is 0. The number of piperidine rings is 1. The highest BCUT2D eigenvalue weighted by Gasteiger charge is 2.46. The lowest BCUT2D eigenvalue weighted by Crippen LogP contribution is -2.53. The average molecular weight is 354 g/mol. The van der Waals surface area contributed by atoms with E-state index >= 15 is 0 Å². The van der Waals surface area contributed by atoms with E-state index in [1.54, 1.807) is 0 Å². The topological polar surface area (TPSA) is 49.3 Å². The third-order valence-electron chi connectivity index (χ3n) is 5.68. The van der Waals surface area contributed by atoms with Crippen LogP contribution in [-0.4, -0.2) is 39.4 Å². The number of hydrogen-bond acceptors (Lipinski definition) is 4. The molecule has 2 aliphatic rings. The van der Waals surface area contributed by atoms with E-state index in [0.717, 1.165) is 32.4 Å². The van der Waals surface area contributed by atoms with Crippen molar-refractivity contribution in [2.75, 3.05) is 18.0 Å². The van der Waals surface area contributed by atoms with Crippen LogP contribution in [0, 0.1) is 12.7 Å². The van der Waals surface area contributed by atoms with Gasteiger partial charge >= 0.3 is 0 Å². The minimum Gasteiger partial charge on any atom is -0.341 e. The summed E-state index contributed by atoms with van der Waals surface area (Å²) in [5.74, 6) is 0.391. The zero-order chi connectivity index (χ0) is 18.1. The van der Waals surface area contributed by atoms with Crippen LogP contribution in [0.1, 0.15) is 36.8 Å². The van der Waals surface area contributed by atoms with Crippen molar-refractivity contribution in [3.63, 3.8) is 0 Å². The van der Waals surface area contributed by atoms with Crippen molar-refractivity contribution in [1.29, 1.82) is 0 Å². The number of amides is 1. The second-order valence-corrected chi connectivity index (χ2v) is 7.38. The molecule has 1 aromatic carbocycles. The second kappa shape index (κ2) is 6.67. The van der Waals surface area contributed by atoms with Crippen molar-refractivity contribution in [3.8, 4) is 0 Å². The predicted molar refractivity (Wildman–Crippen MR) is 97.1 cm³/mol. The molecule has 6 heteroatoms. The SMILES string of the molecule is Cc1cccc(CN2C(=O)CCC23CCN(c2ncc(F)cn2)CC3)c1. The van der Waals surface area contributed by atoms with E-state index < -0.39 is 5.82 Å². The molecule has 2 fully saturated rings. The van der Waals surface area contributed by atoms with Crippen molar-refractivity contribution in [2.24, 2.45) is 0 Å². The lowest BCUT2D eigenvalue weighted by molar-refractivity contribution is -0.132. The molecule has 0 aliphatic carbocycles. The Morgan fingerprint density at radius 3 is 2.58 bits per heavy atom. The Hall–Kier alpha value is -2.50. The fraction of sp³-hybridized carbons (Fsp3) is 0.450. The quantitative estimate of drug-likeness (QED) is 0.850. The number of likely N-dealkylation sites (tertiary alicyclic amines) is 1. The van der Waals surface area contributed by atoms with Crippen LogP contribution < -0.4 is 4.90 Å². The highest BCUT2D eigenvalue weighted by Crippen LogP contribution is 2.40. The molecular formula is C20H23FN4O.